The fraction of sp³-hybridized carbons (Fsp3) is 0.588. The van der Waals surface area contributed by atoms with Crippen molar-refractivity contribution < 1.29 is 14.3 Å². The van der Waals surface area contributed by atoms with Crippen molar-refractivity contribution >= 4 is 21.8 Å². The number of unbranched alkanes of at least 4 members (excludes halogenated alkanes) is 4. The van der Waals surface area contributed by atoms with E-state index in [1.165, 1.54) is 25.7 Å². The van der Waals surface area contributed by atoms with E-state index in [-0.39, 0.29) is 5.91 Å². The SMILES string of the molecule is CCCCCCCNC(=O)c1ccc(OCCOC)c(Br)c1. The first-order valence-corrected chi connectivity index (χ1v) is 8.67. The summed E-state index contributed by atoms with van der Waals surface area (Å²) in [4.78, 5) is 12.1. The molecule has 1 aromatic carbocycles. The molecule has 0 bridgehead atoms. The molecule has 1 N–H and O–H groups in total. The summed E-state index contributed by atoms with van der Waals surface area (Å²) in [5, 5.41) is 2.95. The number of benzene rings is 1. The van der Waals surface area contributed by atoms with E-state index in [0.717, 1.165) is 17.4 Å². The molecule has 0 saturated carbocycles. The monoisotopic (exact) mass is 371 g/mol. The maximum absolute atomic E-state index is 12.1. The summed E-state index contributed by atoms with van der Waals surface area (Å²) in [5.41, 5.74) is 0.638. The zero-order chi connectivity index (χ0) is 16.2. The lowest BCUT2D eigenvalue weighted by atomic mass is 10.1. The van der Waals surface area contributed by atoms with Gasteiger partial charge in [-0.15, -0.1) is 0 Å². The van der Waals surface area contributed by atoms with Crippen molar-refractivity contribution in [3.8, 4) is 5.75 Å². The van der Waals surface area contributed by atoms with Crippen LogP contribution in [0.25, 0.3) is 0 Å². The summed E-state index contributed by atoms with van der Waals surface area (Å²) in [7, 11) is 1.63. The molecule has 5 heteroatoms. The minimum atomic E-state index is -0.0420. The smallest absolute Gasteiger partial charge is 0.251 e. The number of amides is 1. The number of hydrogen-bond acceptors (Lipinski definition) is 3. The van der Waals surface area contributed by atoms with E-state index in [2.05, 4.69) is 28.2 Å². The Morgan fingerprint density at radius 2 is 1.95 bits per heavy atom. The van der Waals surface area contributed by atoms with E-state index in [1.807, 2.05) is 0 Å². The maximum atomic E-state index is 12.1. The summed E-state index contributed by atoms with van der Waals surface area (Å²) in [6.07, 6.45) is 5.95. The van der Waals surface area contributed by atoms with Gasteiger partial charge in [0.05, 0.1) is 11.1 Å². The molecule has 1 aromatic rings. The third kappa shape index (κ3) is 7.27. The Morgan fingerprint density at radius 1 is 1.18 bits per heavy atom. The van der Waals surface area contributed by atoms with Crippen molar-refractivity contribution in [1.82, 2.24) is 5.32 Å². The van der Waals surface area contributed by atoms with Crippen molar-refractivity contribution in [1.29, 1.82) is 0 Å². The van der Waals surface area contributed by atoms with Crippen LogP contribution in [0.3, 0.4) is 0 Å². The minimum Gasteiger partial charge on any atom is -0.490 e. The Labute approximate surface area is 141 Å². The van der Waals surface area contributed by atoms with Crippen LogP contribution >= 0.6 is 15.9 Å². The van der Waals surface area contributed by atoms with Gasteiger partial charge in [0.25, 0.3) is 5.91 Å². The Bertz CT molecular complexity index is 452. The van der Waals surface area contributed by atoms with Crippen molar-refractivity contribution in [2.75, 3.05) is 26.9 Å². The highest BCUT2D eigenvalue weighted by Crippen LogP contribution is 2.26. The number of halogens is 1. The molecule has 0 radical (unpaired) electrons. The summed E-state index contributed by atoms with van der Waals surface area (Å²) in [6.45, 7) is 3.94. The quantitative estimate of drug-likeness (QED) is 0.593. The molecule has 0 heterocycles. The number of nitrogens with one attached hydrogen (secondary N) is 1. The number of hydrogen-bond donors (Lipinski definition) is 1. The lowest BCUT2D eigenvalue weighted by Gasteiger charge is -2.10. The highest BCUT2D eigenvalue weighted by atomic mass is 79.9. The van der Waals surface area contributed by atoms with Crippen LogP contribution in [0.1, 0.15) is 49.4 Å². The van der Waals surface area contributed by atoms with Crippen LogP contribution in [0.15, 0.2) is 22.7 Å². The average molecular weight is 372 g/mol. The van der Waals surface area contributed by atoms with Gasteiger partial charge in [-0.1, -0.05) is 32.6 Å². The first kappa shape index (κ1) is 19.0. The first-order valence-electron chi connectivity index (χ1n) is 7.88. The molecule has 0 aromatic heterocycles. The molecule has 0 saturated heterocycles. The Hall–Kier alpha value is -1.07. The van der Waals surface area contributed by atoms with Crippen molar-refractivity contribution in [3.05, 3.63) is 28.2 Å². The fourth-order valence-corrected chi connectivity index (χ4v) is 2.52. The molecule has 124 valence electrons. The van der Waals surface area contributed by atoms with Crippen LogP contribution < -0.4 is 10.1 Å². The van der Waals surface area contributed by atoms with Gasteiger partial charge in [0.2, 0.25) is 0 Å². The normalized spacial score (nSPS) is 10.5. The van der Waals surface area contributed by atoms with Gasteiger partial charge in [-0.2, -0.15) is 0 Å². The Kier molecular flexibility index (Phi) is 9.91. The predicted molar refractivity (Wildman–Crippen MR) is 92.6 cm³/mol. The number of carbonyl (C=O) groups excluding carboxylic acids is 1. The van der Waals surface area contributed by atoms with Gasteiger partial charge in [-0.25, -0.2) is 0 Å². The summed E-state index contributed by atoms with van der Waals surface area (Å²) >= 11 is 3.43. The van der Waals surface area contributed by atoms with Gasteiger partial charge in [0, 0.05) is 19.2 Å². The highest BCUT2D eigenvalue weighted by molar-refractivity contribution is 9.10. The van der Waals surface area contributed by atoms with Gasteiger partial charge in [0.1, 0.15) is 12.4 Å². The fourth-order valence-electron chi connectivity index (χ4n) is 2.03. The van der Waals surface area contributed by atoms with E-state index in [1.54, 1.807) is 25.3 Å². The molecule has 0 aliphatic heterocycles. The third-order valence-corrected chi connectivity index (χ3v) is 3.92. The maximum Gasteiger partial charge on any atom is 0.251 e. The van der Waals surface area contributed by atoms with Gasteiger partial charge >= 0.3 is 0 Å². The van der Waals surface area contributed by atoms with Gasteiger partial charge in [-0.3, -0.25) is 4.79 Å². The minimum absolute atomic E-state index is 0.0420. The molecule has 0 spiro atoms. The van der Waals surface area contributed by atoms with Gasteiger partial charge in [0.15, 0.2) is 0 Å². The molecule has 1 amide bonds. The van der Waals surface area contributed by atoms with Crippen LogP contribution in [-0.4, -0.2) is 32.8 Å². The Balaban J connectivity index is 2.37. The second-order valence-electron chi connectivity index (χ2n) is 5.16. The zero-order valence-electron chi connectivity index (χ0n) is 13.5. The third-order valence-electron chi connectivity index (χ3n) is 3.30. The van der Waals surface area contributed by atoms with Crippen molar-refractivity contribution in [2.24, 2.45) is 0 Å². The van der Waals surface area contributed by atoms with Crippen molar-refractivity contribution in [3.63, 3.8) is 0 Å². The van der Waals surface area contributed by atoms with Crippen LogP contribution in [0.4, 0.5) is 0 Å². The summed E-state index contributed by atoms with van der Waals surface area (Å²) in [5.74, 6) is 0.674. The Morgan fingerprint density at radius 3 is 2.64 bits per heavy atom. The summed E-state index contributed by atoms with van der Waals surface area (Å²) in [6, 6.07) is 5.36. The predicted octanol–water partition coefficient (Wildman–Crippen LogP) is 4.17. The van der Waals surface area contributed by atoms with Crippen LogP contribution in [0.5, 0.6) is 5.75 Å². The second-order valence-corrected chi connectivity index (χ2v) is 6.01. The zero-order valence-corrected chi connectivity index (χ0v) is 15.1. The number of carbonyl (C=O) groups is 1. The molecular formula is C17H26BrNO3. The van der Waals surface area contributed by atoms with Crippen molar-refractivity contribution in [2.45, 2.75) is 39.0 Å². The molecule has 0 unspecified atom stereocenters. The van der Waals surface area contributed by atoms with E-state index in [4.69, 9.17) is 9.47 Å². The molecule has 4 nitrogen and oxygen atoms in total. The molecule has 0 aliphatic carbocycles. The second kappa shape index (κ2) is 11.5. The standard InChI is InChI=1S/C17H26BrNO3/c1-3-4-5-6-7-10-19-17(20)14-8-9-16(15(18)13-14)22-12-11-21-2/h8-9,13H,3-7,10-12H2,1-2H3,(H,19,20). The van der Waals surface area contributed by atoms with Crippen LogP contribution in [0, 0.1) is 0 Å². The average Bonchev–Trinajstić information content (AvgIpc) is 2.52. The van der Waals surface area contributed by atoms with Crippen LogP contribution in [-0.2, 0) is 4.74 Å². The summed E-state index contributed by atoms with van der Waals surface area (Å²) < 4.78 is 11.3. The van der Waals surface area contributed by atoms with E-state index < -0.39 is 0 Å². The van der Waals surface area contributed by atoms with Crippen LogP contribution in [0.2, 0.25) is 0 Å². The molecular weight excluding hydrogens is 346 g/mol. The van der Waals surface area contributed by atoms with Gasteiger partial charge < -0.3 is 14.8 Å². The number of ether oxygens (including phenoxy) is 2. The molecule has 22 heavy (non-hydrogen) atoms. The molecule has 0 fully saturated rings. The topological polar surface area (TPSA) is 47.6 Å². The highest BCUT2D eigenvalue weighted by Gasteiger charge is 2.08. The molecule has 1 rings (SSSR count). The van der Waals surface area contributed by atoms with Gasteiger partial charge in [-0.05, 0) is 40.5 Å². The lowest BCUT2D eigenvalue weighted by Crippen LogP contribution is -2.24. The first-order chi connectivity index (χ1) is 10.7. The van der Waals surface area contributed by atoms with E-state index in [0.29, 0.717) is 24.5 Å². The lowest BCUT2D eigenvalue weighted by molar-refractivity contribution is 0.0952. The largest absolute Gasteiger partial charge is 0.490 e. The number of rotatable bonds is 11. The number of methoxy groups -OCH3 is 1. The van der Waals surface area contributed by atoms with E-state index in [9.17, 15) is 4.79 Å². The van der Waals surface area contributed by atoms with E-state index >= 15 is 0 Å². The molecule has 0 aliphatic rings. The molecule has 0 atom stereocenters.